The van der Waals surface area contributed by atoms with E-state index < -0.39 is 30.8 Å². The van der Waals surface area contributed by atoms with Gasteiger partial charge in [-0.05, 0) is 24.6 Å². The van der Waals surface area contributed by atoms with Crippen LogP contribution < -0.4 is 4.74 Å². The van der Waals surface area contributed by atoms with Crippen LogP contribution in [-0.4, -0.2) is 40.2 Å². The summed E-state index contributed by atoms with van der Waals surface area (Å²) in [5.74, 6) is -1.08. The monoisotopic (exact) mass is 384 g/mol. The molecule has 1 aliphatic rings. The third-order valence-corrected chi connectivity index (χ3v) is 3.92. The molecule has 24 heavy (non-hydrogen) atoms. The van der Waals surface area contributed by atoms with E-state index in [1.54, 1.807) is 6.92 Å². The van der Waals surface area contributed by atoms with Crippen molar-refractivity contribution in [3.05, 3.63) is 28.2 Å². The Kier molecular flexibility index (Phi) is 5.31. The SMILES string of the molecule is CCC1=NN(C(=O)COc2ccc(Cl)cc2Cl)[C@](O)(C(F)(F)F)C1. The summed E-state index contributed by atoms with van der Waals surface area (Å²) < 4.78 is 44.5. The number of nitrogens with zero attached hydrogens (tertiary/aromatic N) is 2. The first-order chi connectivity index (χ1) is 11.1. The van der Waals surface area contributed by atoms with Crippen molar-refractivity contribution < 1.29 is 27.8 Å². The summed E-state index contributed by atoms with van der Waals surface area (Å²) in [7, 11) is 0. The molecule has 1 amide bonds. The van der Waals surface area contributed by atoms with Crippen molar-refractivity contribution in [2.45, 2.75) is 31.7 Å². The molecule has 0 saturated heterocycles. The minimum Gasteiger partial charge on any atom is -0.482 e. The molecule has 1 heterocycles. The van der Waals surface area contributed by atoms with Gasteiger partial charge in [-0.3, -0.25) is 4.79 Å². The fourth-order valence-corrected chi connectivity index (χ4v) is 2.55. The van der Waals surface area contributed by atoms with E-state index in [0.29, 0.717) is 5.02 Å². The number of carbonyl (C=O) groups excluding carboxylic acids is 1. The molecule has 1 aromatic carbocycles. The summed E-state index contributed by atoms with van der Waals surface area (Å²) in [5, 5.41) is 13.9. The molecule has 1 atom stereocenters. The molecule has 0 fully saturated rings. The predicted molar refractivity (Wildman–Crippen MR) is 82.2 cm³/mol. The van der Waals surface area contributed by atoms with E-state index in [1.165, 1.54) is 18.2 Å². The number of amides is 1. The van der Waals surface area contributed by atoms with Gasteiger partial charge in [0.15, 0.2) is 6.61 Å². The van der Waals surface area contributed by atoms with Crippen LogP contribution in [0.1, 0.15) is 19.8 Å². The van der Waals surface area contributed by atoms with Crippen LogP contribution in [0.2, 0.25) is 10.0 Å². The van der Waals surface area contributed by atoms with Gasteiger partial charge in [0.1, 0.15) is 5.75 Å². The highest BCUT2D eigenvalue weighted by molar-refractivity contribution is 6.35. The van der Waals surface area contributed by atoms with Gasteiger partial charge in [0.2, 0.25) is 0 Å². The van der Waals surface area contributed by atoms with Gasteiger partial charge in [0.25, 0.3) is 11.6 Å². The number of hydrogen-bond acceptors (Lipinski definition) is 4. The highest BCUT2D eigenvalue weighted by Gasteiger charge is 2.62. The molecular formula is C14H13Cl2F3N2O3. The second-order valence-corrected chi connectivity index (χ2v) is 5.92. The van der Waals surface area contributed by atoms with Gasteiger partial charge in [0.05, 0.1) is 5.02 Å². The molecule has 0 bridgehead atoms. The molecule has 0 aromatic heterocycles. The Balaban J connectivity index is 2.16. The molecular weight excluding hydrogens is 372 g/mol. The zero-order valence-electron chi connectivity index (χ0n) is 12.4. The molecule has 1 N–H and O–H groups in total. The molecule has 2 rings (SSSR count). The number of rotatable bonds is 4. The van der Waals surface area contributed by atoms with E-state index in [1.807, 2.05) is 0 Å². The number of benzene rings is 1. The summed E-state index contributed by atoms with van der Waals surface area (Å²) in [6.45, 7) is 0.799. The van der Waals surface area contributed by atoms with Gasteiger partial charge >= 0.3 is 6.18 Å². The fourth-order valence-electron chi connectivity index (χ4n) is 2.09. The van der Waals surface area contributed by atoms with Gasteiger partial charge < -0.3 is 9.84 Å². The van der Waals surface area contributed by atoms with Crippen molar-refractivity contribution in [2.24, 2.45) is 5.10 Å². The van der Waals surface area contributed by atoms with E-state index in [0.717, 1.165) is 0 Å². The van der Waals surface area contributed by atoms with Crippen LogP contribution >= 0.6 is 23.2 Å². The standard InChI is InChI=1S/C14H13Cl2F3N2O3/c1-2-9-6-13(23,14(17,18)19)21(20-9)12(22)7-24-11-4-3-8(15)5-10(11)16/h3-5,23H,2,6-7H2,1H3/t13-/m1/s1. The van der Waals surface area contributed by atoms with Crippen LogP contribution in [0.3, 0.4) is 0 Å². The maximum Gasteiger partial charge on any atom is 0.438 e. The first-order valence-corrected chi connectivity index (χ1v) is 7.60. The minimum absolute atomic E-state index is 0.0235. The highest BCUT2D eigenvalue weighted by atomic mass is 35.5. The molecule has 0 radical (unpaired) electrons. The van der Waals surface area contributed by atoms with Gasteiger partial charge in [-0.15, -0.1) is 0 Å². The first-order valence-electron chi connectivity index (χ1n) is 6.85. The van der Waals surface area contributed by atoms with Crippen LogP contribution in [0.25, 0.3) is 0 Å². The number of hydrogen-bond donors (Lipinski definition) is 1. The second kappa shape index (κ2) is 6.78. The molecule has 1 aromatic rings. The van der Waals surface area contributed by atoms with Crippen LogP contribution in [0.4, 0.5) is 13.2 Å². The zero-order valence-corrected chi connectivity index (χ0v) is 13.9. The summed E-state index contributed by atoms with van der Waals surface area (Å²) in [6, 6.07) is 4.18. The third-order valence-electron chi connectivity index (χ3n) is 3.39. The van der Waals surface area contributed by atoms with Crippen molar-refractivity contribution in [1.29, 1.82) is 0 Å². The lowest BCUT2D eigenvalue weighted by atomic mass is 10.1. The van der Waals surface area contributed by atoms with Crippen LogP contribution in [0, 0.1) is 0 Å². The number of ether oxygens (including phenoxy) is 1. The number of aliphatic hydroxyl groups is 1. The summed E-state index contributed by atoms with van der Waals surface area (Å²) >= 11 is 11.6. The number of alkyl halides is 3. The van der Waals surface area contributed by atoms with Crippen molar-refractivity contribution >= 4 is 34.8 Å². The Labute approximate surface area is 145 Å². The zero-order chi connectivity index (χ0) is 18.1. The summed E-state index contributed by atoms with van der Waals surface area (Å²) in [4.78, 5) is 12.1. The Morgan fingerprint density at radius 2 is 2.12 bits per heavy atom. The fraction of sp³-hybridized carbons (Fsp3) is 0.429. The van der Waals surface area contributed by atoms with Crippen molar-refractivity contribution in [3.8, 4) is 5.75 Å². The molecule has 1 aliphatic heterocycles. The van der Waals surface area contributed by atoms with E-state index >= 15 is 0 Å². The molecule has 10 heteroatoms. The highest BCUT2D eigenvalue weighted by Crippen LogP contribution is 2.40. The summed E-state index contributed by atoms with van der Waals surface area (Å²) in [5.41, 5.74) is -3.31. The lowest BCUT2D eigenvalue weighted by molar-refractivity contribution is -0.302. The molecule has 0 spiro atoms. The average molecular weight is 385 g/mol. The van der Waals surface area contributed by atoms with Crippen LogP contribution in [0.5, 0.6) is 5.75 Å². The van der Waals surface area contributed by atoms with Crippen molar-refractivity contribution in [3.63, 3.8) is 0 Å². The molecule has 0 saturated carbocycles. The van der Waals surface area contributed by atoms with E-state index in [9.17, 15) is 23.1 Å². The Morgan fingerprint density at radius 1 is 1.46 bits per heavy atom. The smallest absolute Gasteiger partial charge is 0.438 e. The molecule has 132 valence electrons. The Morgan fingerprint density at radius 3 is 2.67 bits per heavy atom. The summed E-state index contributed by atoms with van der Waals surface area (Å²) in [6.07, 6.45) is -5.67. The van der Waals surface area contributed by atoms with Crippen LogP contribution in [-0.2, 0) is 4.79 Å². The Bertz CT molecular complexity index is 682. The van der Waals surface area contributed by atoms with Gasteiger partial charge in [-0.2, -0.15) is 23.3 Å². The van der Waals surface area contributed by atoms with E-state index in [2.05, 4.69) is 5.10 Å². The second-order valence-electron chi connectivity index (χ2n) is 5.08. The number of hydrazone groups is 1. The van der Waals surface area contributed by atoms with Crippen LogP contribution in [0.15, 0.2) is 23.3 Å². The average Bonchev–Trinajstić information content (AvgIpc) is 2.84. The molecule has 5 nitrogen and oxygen atoms in total. The topological polar surface area (TPSA) is 62.1 Å². The minimum atomic E-state index is -5.05. The largest absolute Gasteiger partial charge is 0.482 e. The third kappa shape index (κ3) is 3.60. The molecule has 0 unspecified atom stereocenters. The number of carbonyl (C=O) groups is 1. The van der Waals surface area contributed by atoms with E-state index in [4.69, 9.17) is 27.9 Å². The lowest BCUT2D eigenvalue weighted by Crippen LogP contribution is -2.57. The molecule has 0 aliphatic carbocycles. The van der Waals surface area contributed by atoms with Crippen molar-refractivity contribution in [2.75, 3.05) is 6.61 Å². The maximum atomic E-state index is 13.1. The maximum absolute atomic E-state index is 13.1. The van der Waals surface area contributed by atoms with Gasteiger partial charge in [-0.25, -0.2) is 0 Å². The Hall–Kier alpha value is -1.51. The first kappa shape index (κ1) is 18.8. The quantitative estimate of drug-likeness (QED) is 0.861. The van der Waals surface area contributed by atoms with Gasteiger partial charge in [-0.1, -0.05) is 30.1 Å². The van der Waals surface area contributed by atoms with Gasteiger partial charge in [0, 0.05) is 17.2 Å². The lowest BCUT2D eigenvalue weighted by Gasteiger charge is -2.32. The van der Waals surface area contributed by atoms with Crippen molar-refractivity contribution in [1.82, 2.24) is 5.01 Å². The number of halogens is 5. The van der Waals surface area contributed by atoms with E-state index in [-0.39, 0.29) is 27.9 Å². The predicted octanol–water partition coefficient (Wildman–Crippen LogP) is 3.62. The normalized spacial score (nSPS) is 21.0.